The Kier molecular flexibility index (Phi) is 1.72. The molecule has 0 spiro atoms. The van der Waals surface area contributed by atoms with Gasteiger partial charge in [-0.2, -0.15) is 0 Å². The highest BCUT2D eigenvalue weighted by molar-refractivity contribution is 5.29. The summed E-state index contributed by atoms with van der Waals surface area (Å²) in [5, 5.41) is 0. The summed E-state index contributed by atoms with van der Waals surface area (Å²) >= 11 is 0. The van der Waals surface area contributed by atoms with Crippen LogP contribution in [0.25, 0.3) is 0 Å². The van der Waals surface area contributed by atoms with Gasteiger partial charge in [0.25, 0.3) is 0 Å². The fourth-order valence-corrected chi connectivity index (χ4v) is 2.00. The highest BCUT2D eigenvalue weighted by Crippen LogP contribution is 2.28. The normalized spacial score (nSPS) is 23.9. The number of hydrogen-bond donors (Lipinski definition) is 0. The molecule has 1 aliphatic heterocycles. The smallest absolute Gasteiger partial charge is 0.0352 e. The number of likely N-dealkylation sites (N-methyl/N-ethyl adjacent to an activating group) is 1. The number of allylic oxidation sites excluding steroid dienone is 3. The third-order valence-corrected chi connectivity index (χ3v) is 2.63. The van der Waals surface area contributed by atoms with Crippen molar-refractivity contribution in [1.82, 2.24) is 4.90 Å². The summed E-state index contributed by atoms with van der Waals surface area (Å²) in [6.07, 6.45) is 9.83. The van der Waals surface area contributed by atoms with E-state index in [-0.39, 0.29) is 0 Å². The minimum absolute atomic E-state index is 1.24. The van der Waals surface area contributed by atoms with Crippen molar-refractivity contribution in [2.45, 2.75) is 25.7 Å². The summed E-state index contributed by atoms with van der Waals surface area (Å²) in [5.74, 6) is 0. The molecule has 1 heteroatoms. The zero-order chi connectivity index (χ0) is 7.68. The molecule has 0 radical (unpaired) electrons. The fourth-order valence-electron chi connectivity index (χ4n) is 2.00. The summed E-state index contributed by atoms with van der Waals surface area (Å²) < 4.78 is 0. The van der Waals surface area contributed by atoms with Gasteiger partial charge in [-0.3, -0.25) is 0 Å². The van der Waals surface area contributed by atoms with E-state index in [1.54, 1.807) is 5.57 Å². The van der Waals surface area contributed by atoms with Gasteiger partial charge in [0.05, 0.1) is 0 Å². The first kappa shape index (κ1) is 6.96. The number of rotatable bonds is 0. The summed E-state index contributed by atoms with van der Waals surface area (Å²) in [7, 11) is 2.20. The van der Waals surface area contributed by atoms with E-state index in [2.05, 4.69) is 24.1 Å². The van der Waals surface area contributed by atoms with Crippen molar-refractivity contribution >= 4 is 0 Å². The second-order valence-corrected chi connectivity index (χ2v) is 3.45. The molecule has 2 aliphatic rings. The van der Waals surface area contributed by atoms with Gasteiger partial charge in [-0.25, -0.2) is 0 Å². The molecular formula is C10H15N. The van der Waals surface area contributed by atoms with Crippen LogP contribution in [0.5, 0.6) is 0 Å². The van der Waals surface area contributed by atoms with Crippen LogP contribution in [0.3, 0.4) is 0 Å². The molecule has 0 aromatic heterocycles. The highest BCUT2D eigenvalue weighted by Gasteiger charge is 2.15. The molecule has 0 aromatic carbocycles. The highest BCUT2D eigenvalue weighted by atomic mass is 15.1. The molecule has 0 amide bonds. The lowest BCUT2D eigenvalue weighted by Crippen LogP contribution is -2.24. The molecule has 11 heavy (non-hydrogen) atoms. The zero-order valence-electron chi connectivity index (χ0n) is 7.14. The molecule has 0 saturated heterocycles. The maximum atomic E-state index is 2.38. The quantitative estimate of drug-likeness (QED) is 0.511. The predicted octanol–water partition coefficient (Wildman–Crippen LogP) is 2.32. The second kappa shape index (κ2) is 2.72. The van der Waals surface area contributed by atoms with Crippen molar-refractivity contribution in [2.24, 2.45) is 0 Å². The van der Waals surface area contributed by atoms with Crippen LogP contribution in [0.15, 0.2) is 23.4 Å². The van der Waals surface area contributed by atoms with Crippen molar-refractivity contribution in [3.05, 3.63) is 23.4 Å². The van der Waals surface area contributed by atoms with Crippen molar-refractivity contribution < 1.29 is 0 Å². The van der Waals surface area contributed by atoms with Gasteiger partial charge in [-0.15, -0.1) is 0 Å². The van der Waals surface area contributed by atoms with Crippen LogP contribution in [0.1, 0.15) is 25.7 Å². The van der Waals surface area contributed by atoms with E-state index in [1.165, 1.54) is 37.9 Å². The standard InChI is InChI=1S/C10H15N/c1-11-8-4-6-9-5-2-3-7-10(9)11/h3,7H,2,4-6,8H2,1H3. The van der Waals surface area contributed by atoms with E-state index in [9.17, 15) is 0 Å². The summed E-state index contributed by atoms with van der Waals surface area (Å²) in [4.78, 5) is 2.38. The Morgan fingerprint density at radius 3 is 3.09 bits per heavy atom. The largest absolute Gasteiger partial charge is 0.375 e. The van der Waals surface area contributed by atoms with Crippen molar-refractivity contribution in [2.75, 3.05) is 13.6 Å². The third-order valence-electron chi connectivity index (χ3n) is 2.63. The fraction of sp³-hybridized carbons (Fsp3) is 0.600. The Morgan fingerprint density at radius 1 is 1.36 bits per heavy atom. The first-order valence-electron chi connectivity index (χ1n) is 4.47. The molecule has 0 unspecified atom stereocenters. The van der Waals surface area contributed by atoms with Crippen molar-refractivity contribution in [1.29, 1.82) is 0 Å². The molecule has 0 N–H and O–H groups in total. The monoisotopic (exact) mass is 149 g/mol. The number of hydrogen-bond acceptors (Lipinski definition) is 1. The Hall–Kier alpha value is -0.720. The Morgan fingerprint density at radius 2 is 2.27 bits per heavy atom. The van der Waals surface area contributed by atoms with Crippen LogP contribution in [0, 0.1) is 0 Å². The maximum Gasteiger partial charge on any atom is 0.0352 e. The molecular weight excluding hydrogens is 134 g/mol. The molecule has 0 atom stereocenters. The van der Waals surface area contributed by atoms with Gasteiger partial charge >= 0.3 is 0 Å². The lowest BCUT2D eigenvalue weighted by Gasteiger charge is -2.30. The Balaban J connectivity index is 2.28. The van der Waals surface area contributed by atoms with Gasteiger partial charge in [0, 0.05) is 19.3 Å². The average molecular weight is 149 g/mol. The summed E-state index contributed by atoms with van der Waals surface area (Å²) in [6, 6.07) is 0. The van der Waals surface area contributed by atoms with Crippen LogP contribution in [-0.2, 0) is 0 Å². The first-order chi connectivity index (χ1) is 5.38. The van der Waals surface area contributed by atoms with E-state index in [0.29, 0.717) is 0 Å². The Bertz CT molecular complexity index is 213. The second-order valence-electron chi connectivity index (χ2n) is 3.45. The molecule has 0 aromatic rings. The van der Waals surface area contributed by atoms with Crippen LogP contribution in [0.4, 0.5) is 0 Å². The minimum Gasteiger partial charge on any atom is -0.375 e. The van der Waals surface area contributed by atoms with Crippen molar-refractivity contribution in [3.8, 4) is 0 Å². The molecule has 60 valence electrons. The van der Waals surface area contributed by atoms with Crippen LogP contribution in [0.2, 0.25) is 0 Å². The molecule has 1 aliphatic carbocycles. The van der Waals surface area contributed by atoms with Crippen LogP contribution >= 0.6 is 0 Å². The van der Waals surface area contributed by atoms with Crippen LogP contribution < -0.4 is 0 Å². The predicted molar refractivity (Wildman–Crippen MR) is 47.3 cm³/mol. The van der Waals surface area contributed by atoms with E-state index in [1.807, 2.05) is 0 Å². The number of nitrogens with zero attached hydrogens (tertiary/aromatic N) is 1. The maximum absolute atomic E-state index is 2.38. The lowest BCUT2D eigenvalue weighted by atomic mass is 9.94. The zero-order valence-corrected chi connectivity index (χ0v) is 7.14. The average Bonchev–Trinajstić information content (AvgIpc) is 2.06. The van der Waals surface area contributed by atoms with E-state index < -0.39 is 0 Å². The first-order valence-corrected chi connectivity index (χ1v) is 4.47. The summed E-state index contributed by atoms with van der Waals surface area (Å²) in [6.45, 7) is 1.24. The molecule has 0 bridgehead atoms. The van der Waals surface area contributed by atoms with Crippen LogP contribution in [-0.4, -0.2) is 18.5 Å². The third kappa shape index (κ3) is 1.20. The molecule has 0 saturated carbocycles. The van der Waals surface area contributed by atoms with E-state index in [0.717, 1.165) is 0 Å². The molecule has 0 fully saturated rings. The van der Waals surface area contributed by atoms with E-state index in [4.69, 9.17) is 0 Å². The molecule has 1 nitrogen and oxygen atoms in total. The van der Waals surface area contributed by atoms with Gasteiger partial charge in [0.2, 0.25) is 0 Å². The van der Waals surface area contributed by atoms with Gasteiger partial charge in [-0.05, 0) is 37.3 Å². The van der Waals surface area contributed by atoms with Gasteiger partial charge < -0.3 is 4.90 Å². The van der Waals surface area contributed by atoms with Gasteiger partial charge in [0.15, 0.2) is 0 Å². The van der Waals surface area contributed by atoms with Gasteiger partial charge in [0.1, 0.15) is 0 Å². The van der Waals surface area contributed by atoms with Crippen molar-refractivity contribution in [3.63, 3.8) is 0 Å². The van der Waals surface area contributed by atoms with E-state index >= 15 is 0 Å². The SMILES string of the molecule is CN1CCCC2=C1C=CCC2. The topological polar surface area (TPSA) is 3.24 Å². The minimum atomic E-state index is 1.24. The molecule has 2 rings (SSSR count). The molecule has 1 heterocycles. The summed E-state index contributed by atoms with van der Waals surface area (Å²) in [5.41, 5.74) is 3.18. The van der Waals surface area contributed by atoms with Gasteiger partial charge in [-0.1, -0.05) is 6.08 Å². The lowest BCUT2D eigenvalue weighted by molar-refractivity contribution is 0.383. The Labute approximate surface area is 68.4 Å².